The van der Waals surface area contributed by atoms with Gasteiger partial charge in [-0.25, -0.2) is 4.98 Å². The van der Waals surface area contributed by atoms with Gasteiger partial charge in [0.25, 0.3) is 0 Å². The van der Waals surface area contributed by atoms with Crippen LogP contribution in [0, 0.1) is 0 Å². The molecule has 5 heteroatoms. The first-order valence-electron chi connectivity index (χ1n) is 5.05. The van der Waals surface area contributed by atoms with E-state index in [1.807, 2.05) is 18.3 Å². The van der Waals surface area contributed by atoms with Gasteiger partial charge in [-0.2, -0.15) is 0 Å². The lowest BCUT2D eigenvalue weighted by molar-refractivity contribution is 0.989. The van der Waals surface area contributed by atoms with E-state index >= 15 is 0 Å². The number of nitrogens with one attached hydrogen (secondary N) is 1. The van der Waals surface area contributed by atoms with Crippen molar-refractivity contribution < 1.29 is 0 Å². The van der Waals surface area contributed by atoms with Crippen LogP contribution in [0.4, 0.5) is 11.6 Å². The zero-order valence-corrected chi connectivity index (χ0v) is 8.80. The Bertz CT molecular complexity index is 443. The van der Waals surface area contributed by atoms with Crippen molar-refractivity contribution in [2.45, 2.75) is 6.42 Å². The van der Waals surface area contributed by atoms with Crippen LogP contribution in [0.3, 0.4) is 0 Å². The lowest BCUT2D eigenvalue weighted by Gasteiger charge is -2.05. The van der Waals surface area contributed by atoms with Gasteiger partial charge in [0, 0.05) is 18.9 Å². The summed E-state index contributed by atoms with van der Waals surface area (Å²) in [5.41, 5.74) is 6.70. The Kier molecular flexibility index (Phi) is 3.28. The minimum Gasteiger partial charge on any atom is -0.382 e. The number of nitrogens with zero attached hydrogens (tertiary/aromatic N) is 3. The van der Waals surface area contributed by atoms with Crippen LogP contribution in [0.1, 0.15) is 5.56 Å². The monoisotopic (exact) mass is 215 g/mol. The Hall–Kier alpha value is -2.17. The molecule has 0 aliphatic rings. The summed E-state index contributed by atoms with van der Waals surface area (Å²) in [6, 6.07) is 3.97. The fourth-order valence-corrected chi connectivity index (χ4v) is 1.35. The summed E-state index contributed by atoms with van der Waals surface area (Å²) in [5.74, 6) is 1.12. The average molecular weight is 215 g/mol. The number of rotatable bonds is 4. The minimum atomic E-state index is 0.423. The Balaban J connectivity index is 1.85. The molecule has 0 fully saturated rings. The molecule has 0 aliphatic carbocycles. The second kappa shape index (κ2) is 5.06. The molecule has 0 saturated heterocycles. The number of pyridine rings is 1. The topological polar surface area (TPSA) is 76.7 Å². The fourth-order valence-electron chi connectivity index (χ4n) is 1.35. The van der Waals surface area contributed by atoms with E-state index in [1.54, 1.807) is 12.4 Å². The summed E-state index contributed by atoms with van der Waals surface area (Å²) in [6.45, 7) is 0.782. The highest BCUT2D eigenvalue weighted by Gasteiger charge is 1.95. The van der Waals surface area contributed by atoms with E-state index in [0.29, 0.717) is 11.6 Å². The third kappa shape index (κ3) is 2.91. The summed E-state index contributed by atoms with van der Waals surface area (Å²) < 4.78 is 0. The van der Waals surface area contributed by atoms with Crippen molar-refractivity contribution in [3.8, 4) is 0 Å². The molecule has 0 bridgehead atoms. The summed E-state index contributed by atoms with van der Waals surface area (Å²) >= 11 is 0. The van der Waals surface area contributed by atoms with Gasteiger partial charge in [0.1, 0.15) is 11.6 Å². The smallest absolute Gasteiger partial charge is 0.146 e. The lowest BCUT2D eigenvalue weighted by Crippen LogP contribution is -2.07. The molecule has 2 aromatic rings. The van der Waals surface area contributed by atoms with Gasteiger partial charge >= 0.3 is 0 Å². The van der Waals surface area contributed by atoms with E-state index in [4.69, 9.17) is 5.73 Å². The molecule has 0 aliphatic heterocycles. The Morgan fingerprint density at radius 3 is 2.88 bits per heavy atom. The Labute approximate surface area is 93.8 Å². The Morgan fingerprint density at radius 2 is 2.12 bits per heavy atom. The van der Waals surface area contributed by atoms with Gasteiger partial charge in [0.15, 0.2) is 0 Å². The van der Waals surface area contributed by atoms with E-state index in [1.165, 1.54) is 11.8 Å². The van der Waals surface area contributed by atoms with Gasteiger partial charge in [-0.15, -0.1) is 0 Å². The quantitative estimate of drug-likeness (QED) is 0.798. The van der Waals surface area contributed by atoms with Crippen LogP contribution in [0.15, 0.2) is 36.9 Å². The maximum absolute atomic E-state index is 5.52. The second-order valence-electron chi connectivity index (χ2n) is 3.37. The summed E-state index contributed by atoms with van der Waals surface area (Å²) in [6.07, 6.45) is 7.68. The molecular weight excluding hydrogens is 202 g/mol. The number of hydrogen-bond donors (Lipinski definition) is 2. The van der Waals surface area contributed by atoms with Crippen molar-refractivity contribution in [2.24, 2.45) is 0 Å². The maximum atomic E-state index is 5.52. The lowest BCUT2D eigenvalue weighted by atomic mass is 10.2. The highest BCUT2D eigenvalue weighted by molar-refractivity contribution is 5.38. The van der Waals surface area contributed by atoms with Gasteiger partial charge in [0.2, 0.25) is 0 Å². The predicted octanol–water partition coefficient (Wildman–Crippen LogP) is 1.11. The van der Waals surface area contributed by atoms with Crippen LogP contribution in [0.5, 0.6) is 0 Å². The first-order chi connectivity index (χ1) is 7.84. The first-order valence-corrected chi connectivity index (χ1v) is 5.05. The molecule has 16 heavy (non-hydrogen) atoms. The van der Waals surface area contributed by atoms with E-state index < -0.39 is 0 Å². The van der Waals surface area contributed by atoms with Crippen molar-refractivity contribution in [2.75, 3.05) is 17.6 Å². The van der Waals surface area contributed by atoms with E-state index in [2.05, 4.69) is 20.3 Å². The van der Waals surface area contributed by atoms with Crippen molar-refractivity contribution in [1.82, 2.24) is 15.0 Å². The molecule has 5 nitrogen and oxygen atoms in total. The van der Waals surface area contributed by atoms with Gasteiger partial charge in [-0.3, -0.25) is 9.97 Å². The molecule has 0 saturated carbocycles. The van der Waals surface area contributed by atoms with Crippen molar-refractivity contribution in [3.63, 3.8) is 0 Å². The summed E-state index contributed by atoms with van der Waals surface area (Å²) in [7, 11) is 0. The number of nitrogen functional groups attached to an aromatic ring is 1. The largest absolute Gasteiger partial charge is 0.382 e. The fraction of sp³-hybridized carbons (Fsp3) is 0.182. The molecule has 0 unspecified atom stereocenters. The highest BCUT2D eigenvalue weighted by Crippen LogP contribution is 2.03. The number of hydrogen-bond acceptors (Lipinski definition) is 5. The second-order valence-corrected chi connectivity index (χ2v) is 3.37. The van der Waals surface area contributed by atoms with Crippen LogP contribution < -0.4 is 11.1 Å². The molecule has 2 rings (SSSR count). The zero-order chi connectivity index (χ0) is 11.2. The average Bonchev–Trinajstić information content (AvgIpc) is 2.30. The predicted molar refractivity (Wildman–Crippen MR) is 62.9 cm³/mol. The molecular formula is C11H13N5. The molecule has 2 heterocycles. The molecule has 0 aromatic carbocycles. The number of anilines is 2. The molecule has 3 N–H and O–H groups in total. The molecule has 0 amide bonds. The van der Waals surface area contributed by atoms with Crippen LogP contribution in [0.2, 0.25) is 0 Å². The van der Waals surface area contributed by atoms with Crippen molar-refractivity contribution in [3.05, 3.63) is 42.5 Å². The van der Waals surface area contributed by atoms with Crippen LogP contribution >= 0.6 is 0 Å². The highest BCUT2D eigenvalue weighted by atomic mass is 15.0. The van der Waals surface area contributed by atoms with Gasteiger partial charge in [-0.05, 0) is 18.1 Å². The minimum absolute atomic E-state index is 0.423. The number of aromatic nitrogens is 3. The first kappa shape index (κ1) is 10.4. The third-order valence-corrected chi connectivity index (χ3v) is 2.10. The van der Waals surface area contributed by atoms with Gasteiger partial charge < -0.3 is 11.1 Å². The van der Waals surface area contributed by atoms with Crippen LogP contribution in [-0.4, -0.2) is 21.5 Å². The molecule has 0 spiro atoms. The molecule has 0 atom stereocenters. The van der Waals surface area contributed by atoms with Crippen LogP contribution in [0.25, 0.3) is 0 Å². The zero-order valence-electron chi connectivity index (χ0n) is 8.80. The third-order valence-electron chi connectivity index (χ3n) is 2.10. The SMILES string of the molecule is Nc1cncc(NCCc2cccnc2)n1. The van der Waals surface area contributed by atoms with E-state index in [-0.39, 0.29) is 0 Å². The summed E-state index contributed by atoms with van der Waals surface area (Å²) in [4.78, 5) is 12.1. The maximum Gasteiger partial charge on any atom is 0.146 e. The van der Waals surface area contributed by atoms with Gasteiger partial charge in [0.05, 0.1) is 12.4 Å². The summed E-state index contributed by atoms with van der Waals surface area (Å²) in [5, 5.41) is 3.15. The molecule has 82 valence electrons. The van der Waals surface area contributed by atoms with Crippen molar-refractivity contribution >= 4 is 11.6 Å². The van der Waals surface area contributed by atoms with Crippen molar-refractivity contribution in [1.29, 1.82) is 0 Å². The molecule has 2 aromatic heterocycles. The normalized spacial score (nSPS) is 10.0. The standard InChI is InChI=1S/C11H13N5/c12-10-7-14-8-11(16-10)15-5-3-9-2-1-4-13-6-9/h1-2,4,6-8H,3,5H2,(H3,12,15,16). The number of nitrogens with two attached hydrogens (primary N) is 1. The Morgan fingerprint density at radius 1 is 1.19 bits per heavy atom. The van der Waals surface area contributed by atoms with Gasteiger partial charge in [-0.1, -0.05) is 6.07 Å². The van der Waals surface area contributed by atoms with Crippen LogP contribution in [-0.2, 0) is 6.42 Å². The van der Waals surface area contributed by atoms with E-state index in [9.17, 15) is 0 Å². The van der Waals surface area contributed by atoms with E-state index in [0.717, 1.165) is 13.0 Å². The molecule has 0 radical (unpaired) electrons.